The van der Waals surface area contributed by atoms with Gasteiger partial charge >= 0.3 is 23.9 Å². The van der Waals surface area contributed by atoms with E-state index in [-0.39, 0.29) is 83.4 Å². The molecule has 2 N–H and O–H groups in total. The van der Waals surface area contributed by atoms with Crippen LogP contribution >= 0.6 is 0 Å². The second kappa shape index (κ2) is 76.5. The number of hydrogen-bond acceptors (Lipinski definition) is 15. The zero-order valence-corrected chi connectivity index (χ0v) is 74.3. The van der Waals surface area contributed by atoms with E-state index in [0.717, 1.165) is 303 Å². The van der Waals surface area contributed by atoms with Gasteiger partial charge in [0.2, 0.25) is 0 Å². The lowest BCUT2D eigenvalue weighted by molar-refractivity contribution is -0.150. The predicted molar refractivity (Wildman–Crippen MR) is 466 cm³/mol. The van der Waals surface area contributed by atoms with E-state index in [4.69, 9.17) is 23.7 Å². The summed E-state index contributed by atoms with van der Waals surface area (Å²) in [7, 11) is 0. The van der Waals surface area contributed by atoms with Gasteiger partial charge in [-0.1, -0.05) is 255 Å². The van der Waals surface area contributed by atoms with Gasteiger partial charge in [-0.05, 0) is 212 Å². The minimum atomic E-state index is -0.561. The molecule has 0 heterocycles. The van der Waals surface area contributed by atoms with Crippen LogP contribution in [0.2, 0.25) is 0 Å². The van der Waals surface area contributed by atoms with Crippen molar-refractivity contribution in [2.75, 3.05) is 85.2 Å². The van der Waals surface area contributed by atoms with Gasteiger partial charge in [0.05, 0.1) is 24.9 Å². The Morgan fingerprint density at radius 1 is 0.330 bits per heavy atom. The molecular formula is C95H175N5O12. The molecule has 1 rings (SSSR count). The van der Waals surface area contributed by atoms with Gasteiger partial charge in [0, 0.05) is 55.9 Å². The summed E-state index contributed by atoms with van der Waals surface area (Å²) in [6.45, 7) is 31.3. The number of unbranched alkanes of at least 4 members (excludes halogenated alkanes) is 31. The van der Waals surface area contributed by atoms with Crippen LogP contribution in [0.4, 0.5) is 0 Å². The van der Waals surface area contributed by atoms with Gasteiger partial charge in [0.25, 0.3) is 11.8 Å². The average Bonchev–Trinajstić information content (AvgIpc) is 0.825. The summed E-state index contributed by atoms with van der Waals surface area (Å²) < 4.78 is 29.6. The molecule has 0 radical (unpaired) electrons. The van der Waals surface area contributed by atoms with E-state index >= 15 is 0 Å². The Morgan fingerprint density at radius 3 is 0.964 bits per heavy atom. The lowest BCUT2D eigenvalue weighted by atomic mass is 10.0. The van der Waals surface area contributed by atoms with Crippen LogP contribution in [0.25, 0.3) is 0 Å². The van der Waals surface area contributed by atoms with Gasteiger partial charge in [-0.2, -0.15) is 0 Å². The number of ether oxygens (including phenoxy) is 5. The van der Waals surface area contributed by atoms with E-state index in [0.29, 0.717) is 45.4 Å². The van der Waals surface area contributed by atoms with Crippen molar-refractivity contribution in [3.05, 3.63) is 34.9 Å². The number of carbonyl (C=O) groups is 7. The number of rotatable bonds is 83. The fourth-order valence-corrected chi connectivity index (χ4v) is 15.0. The molecule has 0 aromatic heterocycles. The molecule has 0 saturated carbocycles. The number of benzene rings is 1. The van der Waals surface area contributed by atoms with E-state index in [1.807, 2.05) is 0 Å². The SMILES string of the molecule is CCCCCCC(CC)OCC(C=O)CCCCCCCN(CCCCCCCCC(=O)OC(CC)CCCCCC)CCCNC(=O)c1cc(C(=O)NCCCN(CCCCCCCCC(=O)OC(CC)CCCCCC)CCCCCCCCC(=O)OC(CC)CCCCCC)cc(C(=O)OCCCN(CC)CC)c1. The van der Waals surface area contributed by atoms with Crippen molar-refractivity contribution in [2.45, 2.75) is 440 Å². The molecule has 1 aromatic rings. The summed E-state index contributed by atoms with van der Waals surface area (Å²) in [5.74, 6) is -1.46. The number of esters is 4. The minimum Gasteiger partial charge on any atom is -0.462 e. The van der Waals surface area contributed by atoms with E-state index < -0.39 is 5.97 Å². The normalized spacial score (nSPS) is 13.0. The summed E-state index contributed by atoms with van der Waals surface area (Å²) in [5.41, 5.74) is 0.660. The number of carbonyl (C=O) groups excluding carboxylic acids is 7. The van der Waals surface area contributed by atoms with Crippen LogP contribution in [0.15, 0.2) is 18.2 Å². The Morgan fingerprint density at radius 2 is 0.625 bits per heavy atom. The van der Waals surface area contributed by atoms with Gasteiger partial charge in [-0.25, -0.2) is 4.79 Å². The Bertz CT molecular complexity index is 2360. The molecule has 5 atom stereocenters. The number of amides is 2. The highest BCUT2D eigenvalue weighted by Gasteiger charge is 2.21. The maximum atomic E-state index is 14.2. The summed E-state index contributed by atoms with van der Waals surface area (Å²) in [5, 5.41) is 6.28. The minimum absolute atomic E-state index is 0.0357. The fraction of sp³-hybridized carbons (Fsp3) is 0.863. The van der Waals surface area contributed by atoms with Gasteiger partial charge in [-0.15, -0.1) is 0 Å². The zero-order valence-electron chi connectivity index (χ0n) is 74.3. The van der Waals surface area contributed by atoms with E-state index in [9.17, 15) is 33.6 Å². The van der Waals surface area contributed by atoms with Crippen LogP contribution in [0.3, 0.4) is 0 Å². The maximum absolute atomic E-state index is 14.2. The van der Waals surface area contributed by atoms with Crippen LogP contribution in [-0.2, 0) is 42.9 Å². The lowest BCUT2D eigenvalue weighted by Gasteiger charge is -2.23. The molecule has 0 fully saturated rings. The van der Waals surface area contributed by atoms with Crippen LogP contribution in [0.5, 0.6) is 0 Å². The van der Waals surface area contributed by atoms with Crippen molar-refractivity contribution in [3.8, 4) is 0 Å². The van der Waals surface area contributed by atoms with Gasteiger partial charge in [0.1, 0.15) is 24.6 Å². The molecule has 5 unspecified atom stereocenters. The molecule has 0 bridgehead atoms. The Balaban J connectivity index is 3.13. The van der Waals surface area contributed by atoms with Crippen LogP contribution in [0.1, 0.15) is 447 Å². The predicted octanol–water partition coefficient (Wildman–Crippen LogP) is 23.4. The topological polar surface area (TPSA) is 199 Å². The summed E-state index contributed by atoms with van der Waals surface area (Å²) in [4.78, 5) is 99.7. The summed E-state index contributed by atoms with van der Waals surface area (Å²) in [6, 6.07) is 4.72. The molecule has 652 valence electrons. The molecule has 112 heavy (non-hydrogen) atoms. The molecule has 0 aliphatic rings. The second-order valence-electron chi connectivity index (χ2n) is 32.6. The third-order valence-corrected chi connectivity index (χ3v) is 22.7. The quantitative estimate of drug-likeness (QED) is 0.0270. The highest BCUT2D eigenvalue weighted by Crippen LogP contribution is 2.22. The Kier molecular flexibility index (Phi) is 72.1. The fourth-order valence-electron chi connectivity index (χ4n) is 15.0. The number of aldehydes is 1. The maximum Gasteiger partial charge on any atom is 0.338 e. The first kappa shape index (κ1) is 106. The average molecular weight is 1580 g/mol. The highest BCUT2D eigenvalue weighted by molar-refractivity contribution is 6.03. The van der Waals surface area contributed by atoms with E-state index in [1.54, 1.807) is 18.2 Å². The molecule has 0 aliphatic carbocycles. The summed E-state index contributed by atoms with van der Waals surface area (Å²) in [6.07, 6.45) is 56.9. The van der Waals surface area contributed by atoms with Crippen molar-refractivity contribution >= 4 is 42.0 Å². The first-order chi connectivity index (χ1) is 54.7. The van der Waals surface area contributed by atoms with Gasteiger partial charge in [0.15, 0.2) is 0 Å². The van der Waals surface area contributed by atoms with Crippen molar-refractivity contribution < 1.29 is 57.2 Å². The van der Waals surface area contributed by atoms with Crippen molar-refractivity contribution in [1.82, 2.24) is 25.3 Å². The van der Waals surface area contributed by atoms with Crippen LogP contribution < -0.4 is 10.6 Å². The molecule has 0 saturated heterocycles. The Labute approximate surface area is 687 Å². The first-order valence-electron chi connectivity index (χ1n) is 47.4. The van der Waals surface area contributed by atoms with Crippen molar-refractivity contribution in [2.24, 2.45) is 5.92 Å². The van der Waals surface area contributed by atoms with Crippen molar-refractivity contribution in [1.29, 1.82) is 0 Å². The van der Waals surface area contributed by atoms with Gasteiger partial charge < -0.3 is 53.8 Å². The molecule has 0 aliphatic heterocycles. The largest absolute Gasteiger partial charge is 0.462 e. The van der Waals surface area contributed by atoms with Crippen LogP contribution in [-0.4, -0.2) is 166 Å². The lowest BCUT2D eigenvalue weighted by Crippen LogP contribution is -2.32. The third kappa shape index (κ3) is 60.1. The molecule has 17 heteroatoms. The Hall–Kier alpha value is -4.45. The third-order valence-electron chi connectivity index (χ3n) is 22.7. The standard InChI is InChI=1S/C95H175N5O12/c1-11-21-25-45-60-86(15-5)109-81-82(80-101)59-44-36-35-43-55-72-100(71-54-42-34-31-39-51-66-92(104)112-89(18-8)63-48-28-24-14-4)74-57-68-97-94(106)84-77-83(78-85(79-84)95(107)108-76-58-75-98(19-9)20-10)93(105)96-67-56-73-99(69-52-40-32-29-37-49-64-90(102)110-87(16-6)61-46-26-22-12-2)70-53-41-33-30-38-50-65-91(103)111-88(17-7)62-47-27-23-13-3/h77-80,82,86-89H,11-76,81H2,1-10H3,(H,96,105)(H,97,106). The highest BCUT2D eigenvalue weighted by atomic mass is 16.6. The molecule has 1 aromatic carbocycles. The monoisotopic (exact) mass is 1580 g/mol. The number of nitrogens with zero attached hydrogens (tertiary/aromatic N) is 3. The zero-order chi connectivity index (χ0) is 82.0. The molecule has 2 amide bonds. The first-order valence-corrected chi connectivity index (χ1v) is 47.4. The number of hydrogen-bond donors (Lipinski definition) is 2. The van der Waals surface area contributed by atoms with E-state index in [1.165, 1.54) is 83.5 Å². The smallest absolute Gasteiger partial charge is 0.338 e. The molecule has 17 nitrogen and oxygen atoms in total. The van der Waals surface area contributed by atoms with Gasteiger partial charge in [-0.3, -0.25) is 24.0 Å². The summed E-state index contributed by atoms with van der Waals surface area (Å²) >= 11 is 0. The van der Waals surface area contributed by atoms with E-state index in [2.05, 4.69) is 94.6 Å². The number of nitrogens with one attached hydrogen (secondary N) is 2. The molecule has 0 spiro atoms. The van der Waals surface area contributed by atoms with Crippen molar-refractivity contribution in [3.63, 3.8) is 0 Å². The second-order valence-corrected chi connectivity index (χ2v) is 32.6. The van der Waals surface area contributed by atoms with Crippen LogP contribution in [0, 0.1) is 5.92 Å². The molecular weight excluding hydrogens is 1400 g/mol.